The molecule has 1 aromatic rings. The Kier molecular flexibility index (Phi) is 9.34. The van der Waals surface area contributed by atoms with Gasteiger partial charge in [0.05, 0.1) is 46.2 Å². The molecule has 2 amide bonds. The molecule has 0 saturated carbocycles. The first-order valence-corrected chi connectivity index (χ1v) is 13.0. The van der Waals surface area contributed by atoms with E-state index in [1.54, 1.807) is 6.92 Å². The van der Waals surface area contributed by atoms with Crippen molar-refractivity contribution < 1.29 is 23.9 Å². The largest absolute Gasteiger partial charge is 0.491 e. The van der Waals surface area contributed by atoms with E-state index in [9.17, 15) is 19.6 Å². The highest BCUT2D eigenvalue weighted by atomic mass is 35.5. The number of likely N-dealkylation sites (tertiary alicyclic amines) is 1. The summed E-state index contributed by atoms with van der Waals surface area (Å²) in [6.07, 6.45) is 2.98. The Morgan fingerprint density at radius 1 is 1.29 bits per heavy atom. The van der Waals surface area contributed by atoms with Crippen LogP contribution in [0.2, 0.25) is 10.0 Å². The predicted molar refractivity (Wildman–Crippen MR) is 134 cm³/mol. The molecule has 0 unspecified atom stereocenters. The summed E-state index contributed by atoms with van der Waals surface area (Å²) in [6.45, 7) is 4.82. The maximum atomic E-state index is 13.0. The maximum Gasteiger partial charge on any atom is 0.319 e. The van der Waals surface area contributed by atoms with Crippen LogP contribution in [0.25, 0.3) is 0 Å². The Balaban J connectivity index is 2.00. The van der Waals surface area contributed by atoms with Crippen LogP contribution in [0.1, 0.15) is 44.6 Å². The number of amides is 2. The monoisotopic (exact) mass is 539 g/mol. The molecule has 1 N–H and O–H groups in total. The predicted octanol–water partition coefficient (Wildman–Crippen LogP) is 4.26. The number of carbonyl (C=O) groups is 3. The number of hydrogen-bond acceptors (Lipinski definition) is 7. The minimum Gasteiger partial charge on any atom is -0.491 e. The summed E-state index contributed by atoms with van der Waals surface area (Å²) in [6, 6.07) is 5.31. The highest BCUT2D eigenvalue weighted by Gasteiger charge is 2.45. The average Bonchev–Trinajstić information content (AvgIpc) is 2.83. The lowest BCUT2D eigenvalue weighted by Gasteiger charge is -2.34. The van der Waals surface area contributed by atoms with Crippen LogP contribution in [0.5, 0.6) is 5.75 Å². The third kappa shape index (κ3) is 5.88. The number of halogens is 2. The van der Waals surface area contributed by atoms with Crippen LogP contribution >= 0.6 is 35.0 Å². The van der Waals surface area contributed by atoms with Crippen molar-refractivity contribution in [2.45, 2.75) is 45.1 Å². The smallest absolute Gasteiger partial charge is 0.319 e. The maximum absolute atomic E-state index is 13.0. The average molecular weight is 540 g/mol. The van der Waals surface area contributed by atoms with Gasteiger partial charge in [-0.2, -0.15) is 5.26 Å². The summed E-state index contributed by atoms with van der Waals surface area (Å²) in [5.41, 5.74) is 0.514. The van der Waals surface area contributed by atoms with Gasteiger partial charge in [-0.15, -0.1) is 0 Å². The molecule has 3 rings (SSSR count). The number of benzene rings is 1. The molecule has 0 spiro atoms. The number of piperidine rings is 1. The van der Waals surface area contributed by atoms with Crippen LogP contribution in [0, 0.1) is 17.2 Å². The van der Waals surface area contributed by atoms with Gasteiger partial charge in [0.25, 0.3) is 0 Å². The number of ether oxygens (including phenoxy) is 2. The zero-order chi connectivity index (χ0) is 25.7. The lowest BCUT2D eigenvalue weighted by atomic mass is 9.78. The second-order valence-electron chi connectivity index (χ2n) is 8.29. The molecule has 0 bridgehead atoms. The minimum atomic E-state index is -1.33. The quantitative estimate of drug-likeness (QED) is 0.407. The normalized spacial score (nSPS) is 22.3. The molecule has 2 aliphatic rings. The molecule has 188 valence electrons. The van der Waals surface area contributed by atoms with Crippen molar-refractivity contribution in [3.63, 3.8) is 0 Å². The van der Waals surface area contributed by atoms with Crippen LogP contribution in [-0.4, -0.2) is 54.7 Å². The van der Waals surface area contributed by atoms with E-state index in [0.717, 1.165) is 31.0 Å². The lowest BCUT2D eigenvalue weighted by Crippen LogP contribution is -2.45. The minimum absolute atomic E-state index is 0.0472. The van der Waals surface area contributed by atoms with Crippen molar-refractivity contribution in [3.8, 4) is 11.8 Å². The van der Waals surface area contributed by atoms with E-state index in [-0.39, 0.29) is 44.1 Å². The van der Waals surface area contributed by atoms with E-state index >= 15 is 0 Å². The van der Waals surface area contributed by atoms with Crippen LogP contribution in [0.15, 0.2) is 22.7 Å². The number of allylic oxidation sites excluding steroid dienone is 1. The van der Waals surface area contributed by atoms with Gasteiger partial charge < -0.3 is 19.7 Å². The molecule has 1 aromatic carbocycles. The number of nitrogens with zero attached hydrogens (tertiary/aromatic N) is 2. The summed E-state index contributed by atoms with van der Waals surface area (Å²) in [5.74, 6) is -3.52. The van der Waals surface area contributed by atoms with Gasteiger partial charge in [0.2, 0.25) is 11.8 Å². The number of esters is 1. The summed E-state index contributed by atoms with van der Waals surface area (Å²) < 4.78 is 10.3. The zero-order valence-corrected chi connectivity index (χ0v) is 22.1. The van der Waals surface area contributed by atoms with Crippen molar-refractivity contribution in [2.75, 3.05) is 26.0 Å². The van der Waals surface area contributed by atoms with E-state index in [2.05, 4.69) is 11.4 Å². The zero-order valence-electron chi connectivity index (χ0n) is 19.7. The van der Waals surface area contributed by atoms with Gasteiger partial charge in [0, 0.05) is 18.5 Å². The molecule has 0 aromatic heterocycles. The number of rotatable bonds is 7. The number of hydrogen-bond donors (Lipinski definition) is 1. The van der Waals surface area contributed by atoms with Crippen molar-refractivity contribution >= 4 is 52.7 Å². The van der Waals surface area contributed by atoms with E-state index in [4.69, 9.17) is 32.7 Å². The Hall–Kier alpha value is -2.41. The third-order valence-corrected chi connectivity index (χ3v) is 7.68. The SMILES string of the molecule is CCOc1c(Cl)cc([C@@H]2C(C#N)=C(SCC(=O)N3CCCC[C@H]3C)NC(=O)[C@H]2C(=O)OC)cc1Cl. The van der Waals surface area contributed by atoms with Gasteiger partial charge in [0.1, 0.15) is 5.92 Å². The first-order chi connectivity index (χ1) is 16.7. The molecule has 3 atom stereocenters. The standard InChI is InChI=1S/C24H27Cl2N3O5S/c1-4-34-21-16(25)9-14(10-17(21)26)19-15(11-27)23(28-22(31)20(19)24(32)33-3)35-12-18(30)29-8-6-5-7-13(29)2/h9-10,13,19-20H,4-8,12H2,1-3H3,(H,28,31)/t13-,19-,20+/m1/s1. The molecule has 0 aliphatic carbocycles. The van der Waals surface area contributed by atoms with Gasteiger partial charge in [-0.25, -0.2) is 0 Å². The fourth-order valence-corrected chi connectivity index (χ4v) is 5.95. The molecular formula is C24H27Cl2N3O5S. The van der Waals surface area contributed by atoms with Crippen molar-refractivity contribution in [2.24, 2.45) is 5.92 Å². The van der Waals surface area contributed by atoms with Crippen LogP contribution in [0.3, 0.4) is 0 Å². The molecular weight excluding hydrogens is 513 g/mol. The van der Waals surface area contributed by atoms with Crippen LogP contribution in [-0.2, 0) is 19.1 Å². The fourth-order valence-electron chi connectivity index (χ4n) is 4.41. The van der Waals surface area contributed by atoms with E-state index in [1.807, 2.05) is 11.8 Å². The van der Waals surface area contributed by atoms with Crippen molar-refractivity contribution in [3.05, 3.63) is 38.3 Å². The Labute approximate surface area is 218 Å². The van der Waals surface area contributed by atoms with Gasteiger partial charge in [-0.3, -0.25) is 14.4 Å². The van der Waals surface area contributed by atoms with Crippen molar-refractivity contribution in [1.82, 2.24) is 10.2 Å². The highest BCUT2D eigenvalue weighted by Crippen LogP contribution is 2.44. The van der Waals surface area contributed by atoms with Crippen molar-refractivity contribution in [1.29, 1.82) is 5.26 Å². The molecule has 2 aliphatic heterocycles. The second-order valence-corrected chi connectivity index (χ2v) is 10.1. The number of carbonyl (C=O) groups excluding carboxylic acids is 3. The molecule has 2 heterocycles. The lowest BCUT2D eigenvalue weighted by molar-refractivity contribution is -0.150. The van der Waals surface area contributed by atoms with E-state index < -0.39 is 23.7 Å². The molecule has 1 fully saturated rings. The van der Waals surface area contributed by atoms with E-state index in [1.165, 1.54) is 19.2 Å². The topological polar surface area (TPSA) is 109 Å². The molecule has 8 nitrogen and oxygen atoms in total. The molecule has 11 heteroatoms. The van der Waals surface area contributed by atoms with Gasteiger partial charge in [-0.1, -0.05) is 35.0 Å². The molecule has 1 saturated heterocycles. The number of methoxy groups -OCH3 is 1. The Morgan fingerprint density at radius 2 is 1.97 bits per heavy atom. The number of nitriles is 1. The Morgan fingerprint density at radius 3 is 2.54 bits per heavy atom. The van der Waals surface area contributed by atoms with Gasteiger partial charge >= 0.3 is 5.97 Å². The summed E-state index contributed by atoms with van der Waals surface area (Å²) in [5, 5.41) is 13.3. The number of thioether (sulfide) groups is 1. The molecule has 0 radical (unpaired) electrons. The van der Waals surface area contributed by atoms with Crippen LogP contribution in [0.4, 0.5) is 0 Å². The van der Waals surface area contributed by atoms with E-state index in [0.29, 0.717) is 18.7 Å². The van der Waals surface area contributed by atoms with Crippen LogP contribution < -0.4 is 10.1 Å². The van der Waals surface area contributed by atoms with Gasteiger partial charge in [-0.05, 0) is 50.8 Å². The summed E-state index contributed by atoms with van der Waals surface area (Å²) in [4.78, 5) is 40.3. The first kappa shape index (κ1) is 27.2. The fraction of sp³-hybridized carbons (Fsp3) is 0.500. The molecule has 35 heavy (non-hydrogen) atoms. The van der Waals surface area contributed by atoms with Gasteiger partial charge in [0.15, 0.2) is 5.75 Å². The number of nitrogens with one attached hydrogen (secondary N) is 1. The third-order valence-electron chi connectivity index (χ3n) is 6.12. The second kappa shape index (κ2) is 12.0. The summed E-state index contributed by atoms with van der Waals surface area (Å²) in [7, 11) is 1.17. The first-order valence-electron chi connectivity index (χ1n) is 11.3. The summed E-state index contributed by atoms with van der Waals surface area (Å²) >= 11 is 13.8. The Bertz CT molecular complexity index is 1060. The highest BCUT2D eigenvalue weighted by molar-refractivity contribution is 8.03.